The zero-order valence-electron chi connectivity index (χ0n) is 4.69. The number of halogens is 4. The van der Waals surface area contributed by atoms with E-state index in [1.54, 1.807) is 0 Å². The van der Waals surface area contributed by atoms with Gasteiger partial charge in [-0.2, -0.15) is 13.2 Å². The lowest BCUT2D eigenvalue weighted by atomic mass is 10.3. The van der Waals surface area contributed by atoms with Crippen LogP contribution in [0.3, 0.4) is 0 Å². The van der Waals surface area contributed by atoms with Crippen LogP contribution < -0.4 is 0 Å². The van der Waals surface area contributed by atoms with Crippen molar-refractivity contribution < 1.29 is 27.0 Å². The van der Waals surface area contributed by atoms with Crippen molar-refractivity contribution in [2.24, 2.45) is 0 Å². The van der Waals surface area contributed by atoms with Gasteiger partial charge in [-0.25, -0.2) is 4.39 Å². The molecule has 1 aliphatic rings. The summed E-state index contributed by atoms with van der Waals surface area (Å²) in [5.74, 6) is 0. The van der Waals surface area contributed by atoms with Gasteiger partial charge in [0.05, 0.1) is 0 Å². The van der Waals surface area contributed by atoms with Gasteiger partial charge in [0.25, 0.3) is 0 Å². The maximum Gasteiger partial charge on any atom is 0.420 e. The van der Waals surface area contributed by atoms with Crippen molar-refractivity contribution in [3.05, 3.63) is 0 Å². The van der Waals surface area contributed by atoms with Crippen LogP contribution in [-0.4, -0.2) is 25.4 Å². The van der Waals surface area contributed by atoms with E-state index >= 15 is 0 Å². The molecule has 0 aromatic carbocycles. The van der Waals surface area contributed by atoms with Gasteiger partial charge in [-0.05, 0) is 0 Å². The van der Waals surface area contributed by atoms with Gasteiger partial charge in [0.1, 0.15) is 0 Å². The van der Waals surface area contributed by atoms with Crippen LogP contribution in [0.5, 0.6) is 0 Å². The Morgan fingerprint density at radius 2 is 1.80 bits per heavy atom. The molecule has 2 unspecified atom stereocenters. The maximum atomic E-state index is 12.0. The molecule has 60 valence electrons. The molecule has 0 amide bonds. The Balaban J connectivity index is 2.55. The number of hydrogen-bond acceptors (Lipinski definition) is 2. The second-order valence-electron chi connectivity index (χ2n) is 1.76. The fourth-order valence-corrected chi connectivity index (χ4v) is 0.584. The summed E-state index contributed by atoms with van der Waals surface area (Å²) in [5.41, 5.74) is 0. The minimum Gasteiger partial charge on any atom is -0.337 e. The number of hydrogen-bond donors (Lipinski definition) is 0. The second kappa shape index (κ2) is 2.35. The van der Waals surface area contributed by atoms with Crippen LogP contribution in [0.2, 0.25) is 0 Å². The summed E-state index contributed by atoms with van der Waals surface area (Å²) in [6.07, 6.45) is -9.46. The summed E-state index contributed by atoms with van der Waals surface area (Å²) in [4.78, 5) is 0. The first-order chi connectivity index (χ1) is 4.52. The summed E-state index contributed by atoms with van der Waals surface area (Å²) in [6.45, 7) is -0.634. The zero-order chi connectivity index (χ0) is 7.78. The van der Waals surface area contributed by atoms with Crippen molar-refractivity contribution in [1.82, 2.24) is 0 Å². The SMILES string of the molecule is FC1OCOC1C(F)(F)F. The van der Waals surface area contributed by atoms with Gasteiger partial charge >= 0.3 is 6.18 Å². The molecule has 1 fully saturated rings. The number of alkyl halides is 4. The molecule has 1 rings (SSSR count). The molecule has 0 aromatic rings. The van der Waals surface area contributed by atoms with Crippen LogP contribution in [0, 0.1) is 0 Å². The molecular weight excluding hydrogens is 156 g/mol. The van der Waals surface area contributed by atoms with Gasteiger partial charge in [-0.15, -0.1) is 0 Å². The molecule has 0 aromatic heterocycles. The lowest BCUT2D eigenvalue weighted by Crippen LogP contribution is -2.35. The fourth-order valence-electron chi connectivity index (χ4n) is 0.584. The molecule has 2 atom stereocenters. The van der Waals surface area contributed by atoms with Crippen molar-refractivity contribution >= 4 is 0 Å². The Kier molecular flexibility index (Phi) is 1.82. The summed E-state index contributed by atoms with van der Waals surface area (Å²) in [5, 5.41) is 0. The largest absolute Gasteiger partial charge is 0.420 e. The quantitative estimate of drug-likeness (QED) is 0.496. The van der Waals surface area contributed by atoms with Crippen molar-refractivity contribution in [2.75, 3.05) is 6.79 Å². The van der Waals surface area contributed by atoms with Gasteiger partial charge in [0, 0.05) is 0 Å². The summed E-state index contributed by atoms with van der Waals surface area (Å²) >= 11 is 0. The first-order valence-corrected chi connectivity index (χ1v) is 2.46. The molecule has 6 heteroatoms. The minimum absolute atomic E-state index is 0.634. The Hall–Kier alpha value is -0.360. The fraction of sp³-hybridized carbons (Fsp3) is 1.00. The summed E-state index contributed by atoms with van der Waals surface area (Å²) in [6, 6.07) is 0. The minimum atomic E-state index is -4.67. The highest BCUT2D eigenvalue weighted by Crippen LogP contribution is 2.30. The van der Waals surface area contributed by atoms with Crippen molar-refractivity contribution in [1.29, 1.82) is 0 Å². The molecular formula is C4H4F4O2. The standard InChI is InChI=1S/C4H4F4O2/c5-3-2(4(6,7)8)9-1-10-3/h2-3H,1H2. The molecule has 1 heterocycles. The average Bonchev–Trinajstić information content (AvgIpc) is 2.11. The van der Waals surface area contributed by atoms with E-state index in [-0.39, 0.29) is 0 Å². The molecule has 0 saturated carbocycles. The monoisotopic (exact) mass is 160 g/mol. The van der Waals surface area contributed by atoms with E-state index in [1.165, 1.54) is 0 Å². The van der Waals surface area contributed by atoms with Crippen LogP contribution in [0.4, 0.5) is 17.6 Å². The smallest absolute Gasteiger partial charge is 0.337 e. The third-order valence-corrected chi connectivity index (χ3v) is 1.04. The first kappa shape index (κ1) is 7.74. The van der Waals surface area contributed by atoms with Crippen molar-refractivity contribution in [3.63, 3.8) is 0 Å². The van der Waals surface area contributed by atoms with Gasteiger partial charge in [0.2, 0.25) is 12.5 Å². The van der Waals surface area contributed by atoms with E-state index in [9.17, 15) is 17.6 Å². The molecule has 1 saturated heterocycles. The zero-order valence-corrected chi connectivity index (χ0v) is 4.69. The molecule has 1 aliphatic heterocycles. The van der Waals surface area contributed by atoms with Crippen LogP contribution in [0.1, 0.15) is 0 Å². The first-order valence-electron chi connectivity index (χ1n) is 2.46. The molecule has 10 heavy (non-hydrogen) atoms. The Morgan fingerprint density at radius 1 is 1.20 bits per heavy atom. The lowest BCUT2D eigenvalue weighted by molar-refractivity contribution is -0.220. The molecule has 2 nitrogen and oxygen atoms in total. The lowest BCUT2D eigenvalue weighted by Gasteiger charge is -2.13. The van der Waals surface area contributed by atoms with Gasteiger partial charge in [-0.3, -0.25) is 0 Å². The highest BCUT2D eigenvalue weighted by atomic mass is 19.4. The topological polar surface area (TPSA) is 18.5 Å². The Labute approximate surface area is 53.7 Å². The molecule has 0 spiro atoms. The molecule has 0 N–H and O–H groups in total. The molecule has 0 radical (unpaired) electrons. The summed E-state index contributed by atoms with van der Waals surface area (Å²) < 4.78 is 54.5. The van der Waals surface area contributed by atoms with Gasteiger partial charge < -0.3 is 9.47 Å². The van der Waals surface area contributed by atoms with E-state index in [2.05, 4.69) is 9.47 Å². The highest BCUT2D eigenvalue weighted by Gasteiger charge is 2.50. The highest BCUT2D eigenvalue weighted by molar-refractivity contribution is 4.73. The van der Waals surface area contributed by atoms with E-state index < -0.39 is 25.4 Å². The average molecular weight is 160 g/mol. The van der Waals surface area contributed by atoms with Crippen molar-refractivity contribution in [2.45, 2.75) is 18.6 Å². The maximum absolute atomic E-state index is 12.0. The normalized spacial score (nSPS) is 34.8. The number of ether oxygens (including phenoxy) is 2. The van der Waals surface area contributed by atoms with Crippen LogP contribution in [-0.2, 0) is 9.47 Å². The van der Waals surface area contributed by atoms with E-state index in [0.29, 0.717) is 0 Å². The molecule has 0 bridgehead atoms. The van der Waals surface area contributed by atoms with E-state index in [1.807, 2.05) is 0 Å². The van der Waals surface area contributed by atoms with Crippen LogP contribution in [0.15, 0.2) is 0 Å². The second-order valence-corrected chi connectivity index (χ2v) is 1.76. The van der Waals surface area contributed by atoms with Crippen LogP contribution >= 0.6 is 0 Å². The third-order valence-electron chi connectivity index (χ3n) is 1.04. The Bertz CT molecular complexity index is 123. The van der Waals surface area contributed by atoms with E-state index in [0.717, 1.165) is 0 Å². The van der Waals surface area contributed by atoms with Gasteiger partial charge in [0.15, 0.2) is 6.79 Å². The Morgan fingerprint density at radius 3 is 2.00 bits per heavy atom. The van der Waals surface area contributed by atoms with Crippen molar-refractivity contribution in [3.8, 4) is 0 Å². The predicted octanol–water partition coefficient (Wildman–Crippen LogP) is 1.22. The summed E-state index contributed by atoms with van der Waals surface area (Å²) in [7, 11) is 0. The predicted molar refractivity (Wildman–Crippen MR) is 21.8 cm³/mol. The van der Waals surface area contributed by atoms with Gasteiger partial charge in [-0.1, -0.05) is 0 Å². The number of rotatable bonds is 0. The van der Waals surface area contributed by atoms with E-state index in [4.69, 9.17) is 0 Å². The molecule has 0 aliphatic carbocycles. The van der Waals surface area contributed by atoms with Crippen LogP contribution in [0.25, 0.3) is 0 Å². The third kappa shape index (κ3) is 1.38.